The second kappa shape index (κ2) is 5.50. The van der Waals surface area contributed by atoms with Crippen LogP contribution in [-0.4, -0.2) is 13.0 Å². The van der Waals surface area contributed by atoms with Crippen LogP contribution in [0.4, 0.5) is 0 Å². The molecule has 0 aliphatic carbocycles. The topological polar surface area (TPSA) is 57.2 Å². The van der Waals surface area contributed by atoms with Crippen molar-refractivity contribution < 1.29 is 42.5 Å². The number of aryl methyl sites for hydroxylation is 1. The third-order valence-electron chi connectivity index (χ3n) is 2.62. The summed E-state index contributed by atoms with van der Waals surface area (Å²) in [6, 6.07) is 10.2. The molecule has 0 N–H and O–H groups in total. The summed E-state index contributed by atoms with van der Waals surface area (Å²) in [7, 11) is -4.40. The normalized spacial score (nSPS) is 11.2. The first kappa shape index (κ1) is 14.7. The van der Waals surface area contributed by atoms with Crippen LogP contribution in [0.1, 0.15) is 12.5 Å². The number of fused-ring (bicyclic) bond motifs is 1. The van der Waals surface area contributed by atoms with Crippen LogP contribution in [0.25, 0.3) is 10.8 Å². The molecular formula is C12H11NaO3S. The van der Waals surface area contributed by atoms with E-state index >= 15 is 0 Å². The average molecular weight is 258 g/mol. The van der Waals surface area contributed by atoms with Crippen molar-refractivity contribution in [3.63, 3.8) is 0 Å². The summed E-state index contributed by atoms with van der Waals surface area (Å²) < 4.78 is 33.3. The van der Waals surface area contributed by atoms with E-state index in [1.165, 1.54) is 6.07 Å². The van der Waals surface area contributed by atoms with Crippen LogP contribution in [-0.2, 0) is 16.5 Å². The molecule has 17 heavy (non-hydrogen) atoms. The molecule has 0 atom stereocenters. The van der Waals surface area contributed by atoms with E-state index in [2.05, 4.69) is 0 Å². The zero-order chi connectivity index (χ0) is 11.8. The Morgan fingerprint density at radius 3 is 2.18 bits per heavy atom. The second-order valence-corrected chi connectivity index (χ2v) is 4.92. The molecule has 3 nitrogen and oxygen atoms in total. The van der Waals surface area contributed by atoms with Gasteiger partial charge in [0.05, 0.1) is 4.90 Å². The molecule has 5 heteroatoms. The molecule has 0 unspecified atom stereocenters. The van der Waals surface area contributed by atoms with Gasteiger partial charge in [-0.05, 0) is 28.8 Å². The van der Waals surface area contributed by atoms with E-state index in [9.17, 15) is 13.0 Å². The molecule has 0 amide bonds. The maximum atomic E-state index is 11.1. The molecule has 0 aliphatic rings. The Morgan fingerprint density at radius 2 is 1.65 bits per heavy atom. The molecule has 2 aromatic carbocycles. The molecule has 0 heterocycles. The first-order chi connectivity index (χ1) is 7.54. The van der Waals surface area contributed by atoms with Crippen LogP contribution in [0, 0.1) is 0 Å². The first-order valence-electron chi connectivity index (χ1n) is 5.00. The van der Waals surface area contributed by atoms with Crippen molar-refractivity contribution >= 4 is 20.9 Å². The van der Waals surface area contributed by atoms with Crippen molar-refractivity contribution in [3.05, 3.63) is 42.0 Å². The van der Waals surface area contributed by atoms with Gasteiger partial charge < -0.3 is 4.55 Å². The van der Waals surface area contributed by atoms with Gasteiger partial charge >= 0.3 is 29.6 Å². The summed E-state index contributed by atoms with van der Waals surface area (Å²) >= 11 is 0. The van der Waals surface area contributed by atoms with Gasteiger partial charge in [-0.25, -0.2) is 8.42 Å². The Bertz CT molecular complexity index is 635. The van der Waals surface area contributed by atoms with Gasteiger partial charge in [0.1, 0.15) is 10.1 Å². The van der Waals surface area contributed by atoms with Crippen LogP contribution in [0.2, 0.25) is 0 Å². The molecule has 0 bridgehead atoms. The third-order valence-corrected chi connectivity index (χ3v) is 3.52. The Kier molecular flexibility index (Phi) is 4.75. The zero-order valence-corrected chi connectivity index (χ0v) is 12.6. The number of benzene rings is 2. The van der Waals surface area contributed by atoms with E-state index in [0.717, 1.165) is 17.4 Å². The van der Waals surface area contributed by atoms with E-state index in [1.54, 1.807) is 18.2 Å². The van der Waals surface area contributed by atoms with Gasteiger partial charge in [-0.1, -0.05) is 37.3 Å². The predicted octanol–water partition coefficient (Wildman–Crippen LogP) is -0.690. The Morgan fingerprint density at radius 1 is 1.06 bits per heavy atom. The van der Waals surface area contributed by atoms with Gasteiger partial charge in [-0.15, -0.1) is 0 Å². The van der Waals surface area contributed by atoms with Gasteiger partial charge in [0.2, 0.25) is 0 Å². The second-order valence-electron chi connectivity index (χ2n) is 3.58. The van der Waals surface area contributed by atoms with E-state index in [-0.39, 0.29) is 34.5 Å². The van der Waals surface area contributed by atoms with Crippen LogP contribution in [0.5, 0.6) is 0 Å². The van der Waals surface area contributed by atoms with Crippen molar-refractivity contribution in [2.45, 2.75) is 18.2 Å². The fraction of sp³-hybridized carbons (Fsp3) is 0.167. The van der Waals surface area contributed by atoms with E-state index in [0.29, 0.717) is 5.39 Å². The van der Waals surface area contributed by atoms with Gasteiger partial charge in [-0.3, -0.25) is 0 Å². The number of hydrogen-bond donors (Lipinski definition) is 0. The molecule has 2 aromatic rings. The van der Waals surface area contributed by atoms with Gasteiger partial charge in [0.15, 0.2) is 0 Å². The monoisotopic (exact) mass is 258 g/mol. The maximum Gasteiger partial charge on any atom is 1.00 e. The summed E-state index contributed by atoms with van der Waals surface area (Å²) in [6.07, 6.45) is 0.805. The van der Waals surface area contributed by atoms with Gasteiger partial charge in [-0.2, -0.15) is 0 Å². The molecule has 0 radical (unpaired) electrons. The number of rotatable bonds is 2. The minimum atomic E-state index is -4.40. The summed E-state index contributed by atoms with van der Waals surface area (Å²) in [5.41, 5.74) is 1.04. The molecule has 0 aromatic heterocycles. The molecule has 2 rings (SSSR count). The zero-order valence-electron chi connectivity index (χ0n) is 9.80. The Balaban J connectivity index is 0.00000144. The summed E-state index contributed by atoms with van der Waals surface area (Å²) in [5, 5.41) is 1.35. The minimum absolute atomic E-state index is 0. The molecule has 84 valence electrons. The van der Waals surface area contributed by atoms with Gasteiger partial charge in [0, 0.05) is 0 Å². The first-order valence-corrected chi connectivity index (χ1v) is 6.41. The smallest absolute Gasteiger partial charge is 0.744 e. The summed E-state index contributed by atoms with van der Waals surface area (Å²) in [5.74, 6) is 0. The molecular weight excluding hydrogens is 247 g/mol. The van der Waals surface area contributed by atoms with Crippen molar-refractivity contribution in [1.29, 1.82) is 0 Å². The Labute approximate surface area is 123 Å². The van der Waals surface area contributed by atoms with Crippen LogP contribution < -0.4 is 29.6 Å². The summed E-state index contributed by atoms with van der Waals surface area (Å²) in [6.45, 7) is 1.99. The molecule has 0 fully saturated rings. The molecule has 0 saturated heterocycles. The largest absolute Gasteiger partial charge is 1.00 e. The van der Waals surface area contributed by atoms with Crippen LogP contribution in [0.15, 0.2) is 41.3 Å². The van der Waals surface area contributed by atoms with Crippen LogP contribution in [0.3, 0.4) is 0 Å². The fourth-order valence-electron chi connectivity index (χ4n) is 1.86. The van der Waals surface area contributed by atoms with Gasteiger partial charge in [0.25, 0.3) is 0 Å². The maximum absolute atomic E-state index is 11.1. The Hall–Kier alpha value is -0.390. The molecule has 0 aliphatic heterocycles. The fourth-order valence-corrected chi connectivity index (χ4v) is 2.54. The minimum Gasteiger partial charge on any atom is -0.744 e. The van der Waals surface area contributed by atoms with Crippen LogP contribution >= 0.6 is 0 Å². The van der Waals surface area contributed by atoms with Crippen molar-refractivity contribution in [2.75, 3.05) is 0 Å². The van der Waals surface area contributed by atoms with Crippen molar-refractivity contribution in [2.24, 2.45) is 0 Å². The van der Waals surface area contributed by atoms with E-state index in [1.807, 2.05) is 19.1 Å². The predicted molar refractivity (Wildman–Crippen MR) is 61.3 cm³/mol. The average Bonchev–Trinajstić information content (AvgIpc) is 2.26. The third kappa shape index (κ3) is 2.89. The van der Waals surface area contributed by atoms with E-state index < -0.39 is 10.1 Å². The molecule has 0 saturated carbocycles. The van der Waals surface area contributed by atoms with Crippen molar-refractivity contribution in [1.82, 2.24) is 0 Å². The van der Waals surface area contributed by atoms with Crippen molar-refractivity contribution in [3.8, 4) is 0 Å². The molecule has 0 spiro atoms. The van der Waals surface area contributed by atoms with E-state index in [4.69, 9.17) is 0 Å². The SMILES string of the molecule is CCc1ccc(S(=O)(=O)[O-])c2ccccc12.[Na+]. The summed E-state index contributed by atoms with van der Waals surface area (Å²) in [4.78, 5) is -0.139. The number of hydrogen-bond acceptors (Lipinski definition) is 3. The quantitative estimate of drug-likeness (QED) is 0.529. The standard InChI is InChI=1S/C12H12O3S.Na/c1-2-9-7-8-12(16(13,14)15)11-6-4-3-5-10(9)11;/h3-8H,2H2,1H3,(H,13,14,15);/q;+1/p-1.